The molecule has 110 valence electrons. The molecule has 0 bridgehead atoms. The summed E-state index contributed by atoms with van der Waals surface area (Å²) in [5, 5.41) is 7.05. The van der Waals surface area contributed by atoms with E-state index in [1.165, 1.54) is 0 Å². The summed E-state index contributed by atoms with van der Waals surface area (Å²) >= 11 is 12.0. The summed E-state index contributed by atoms with van der Waals surface area (Å²) in [6.45, 7) is 2.42. The summed E-state index contributed by atoms with van der Waals surface area (Å²) in [6, 6.07) is 9.99. The second-order valence-electron chi connectivity index (χ2n) is 5.58. The maximum absolute atomic E-state index is 12.2. The van der Waals surface area contributed by atoms with Crippen molar-refractivity contribution < 1.29 is 4.79 Å². The Kier molecular flexibility index (Phi) is 3.46. The second kappa shape index (κ2) is 5.04. The van der Waals surface area contributed by atoms with Gasteiger partial charge >= 0.3 is 0 Å². The third-order valence-electron chi connectivity index (χ3n) is 3.84. The van der Waals surface area contributed by atoms with Gasteiger partial charge in [-0.1, -0.05) is 30.3 Å². The molecule has 1 heterocycles. The van der Waals surface area contributed by atoms with Gasteiger partial charge in [0.05, 0.1) is 23.8 Å². The monoisotopic (exact) mass is 323 g/mol. The highest BCUT2D eigenvalue weighted by Crippen LogP contribution is 2.64. The number of amides is 1. The molecule has 1 unspecified atom stereocenters. The highest BCUT2D eigenvalue weighted by molar-refractivity contribution is 6.53. The van der Waals surface area contributed by atoms with Crippen molar-refractivity contribution in [3.8, 4) is 0 Å². The molecular formula is C15H15Cl2N3O. The average molecular weight is 324 g/mol. The number of carbonyl (C=O) groups excluding carboxylic acids is 1. The van der Waals surface area contributed by atoms with Crippen molar-refractivity contribution in [2.45, 2.75) is 24.2 Å². The molecule has 1 fully saturated rings. The maximum atomic E-state index is 12.2. The Morgan fingerprint density at radius 2 is 2.05 bits per heavy atom. The lowest BCUT2D eigenvalue weighted by molar-refractivity contribution is -0.120. The van der Waals surface area contributed by atoms with E-state index in [4.69, 9.17) is 23.2 Å². The van der Waals surface area contributed by atoms with Crippen molar-refractivity contribution in [1.29, 1.82) is 0 Å². The van der Waals surface area contributed by atoms with Gasteiger partial charge in [-0.25, -0.2) is 0 Å². The largest absolute Gasteiger partial charge is 0.323 e. The number of aromatic nitrogens is 2. The van der Waals surface area contributed by atoms with Crippen LogP contribution >= 0.6 is 23.2 Å². The number of benzene rings is 1. The molecule has 2 aromatic rings. The lowest BCUT2D eigenvalue weighted by Crippen LogP contribution is -2.25. The molecule has 21 heavy (non-hydrogen) atoms. The average Bonchev–Trinajstić information content (AvgIpc) is 2.77. The van der Waals surface area contributed by atoms with Gasteiger partial charge in [0, 0.05) is 6.20 Å². The van der Waals surface area contributed by atoms with Gasteiger partial charge in [-0.3, -0.25) is 9.48 Å². The fourth-order valence-corrected chi connectivity index (χ4v) is 2.91. The zero-order valence-electron chi connectivity index (χ0n) is 11.5. The number of nitrogens with zero attached hydrogens (tertiary/aromatic N) is 2. The van der Waals surface area contributed by atoms with Crippen molar-refractivity contribution >= 4 is 34.8 Å². The Bertz CT molecular complexity index is 669. The fraction of sp³-hybridized carbons (Fsp3) is 0.333. The molecule has 1 aromatic heterocycles. The van der Waals surface area contributed by atoms with Gasteiger partial charge < -0.3 is 5.32 Å². The molecule has 3 rings (SSSR count). The molecule has 0 spiro atoms. The van der Waals surface area contributed by atoms with Gasteiger partial charge in [-0.2, -0.15) is 5.10 Å². The quantitative estimate of drug-likeness (QED) is 0.876. The zero-order valence-corrected chi connectivity index (χ0v) is 13.0. The van der Waals surface area contributed by atoms with Crippen LogP contribution in [-0.4, -0.2) is 20.0 Å². The molecular weight excluding hydrogens is 309 g/mol. The van der Waals surface area contributed by atoms with Crippen molar-refractivity contribution in [3.05, 3.63) is 48.3 Å². The molecule has 1 aliphatic rings. The minimum Gasteiger partial charge on any atom is -0.323 e. The Balaban J connectivity index is 1.65. The number of rotatable bonds is 4. The Hall–Kier alpha value is -1.52. The number of halogens is 2. The molecule has 1 N–H and O–H groups in total. The van der Waals surface area contributed by atoms with Crippen molar-refractivity contribution in [2.24, 2.45) is 5.41 Å². The molecule has 0 radical (unpaired) electrons. The van der Waals surface area contributed by atoms with Crippen LogP contribution in [0.3, 0.4) is 0 Å². The summed E-state index contributed by atoms with van der Waals surface area (Å²) in [5.74, 6) is -0.174. The van der Waals surface area contributed by atoms with E-state index < -0.39 is 9.75 Å². The van der Waals surface area contributed by atoms with Gasteiger partial charge in [0.25, 0.3) is 0 Å². The SMILES string of the molecule is CC1(C(=O)Nc2cnn(Cc3ccccc3)c2)CC1(Cl)Cl. The molecule has 1 aromatic carbocycles. The van der Waals surface area contributed by atoms with E-state index in [-0.39, 0.29) is 5.91 Å². The van der Waals surface area contributed by atoms with Gasteiger partial charge in [0.1, 0.15) is 4.33 Å². The van der Waals surface area contributed by atoms with Crippen LogP contribution in [0.2, 0.25) is 0 Å². The van der Waals surface area contributed by atoms with Crippen molar-refractivity contribution in [1.82, 2.24) is 9.78 Å². The summed E-state index contributed by atoms with van der Waals surface area (Å²) in [7, 11) is 0. The van der Waals surface area contributed by atoms with Crippen LogP contribution in [-0.2, 0) is 11.3 Å². The van der Waals surface area contributed by atoms with Crippen LogP contribution in [0.25, 0.3) is 0 Å². The van der Waals surface area contributed by atoms with E-state index in [2.05, 4.69) is 10.4 Å². The maximum Gasteiger partial charge on any atom is 0.233 e. The molecule has 1 amide bonds. The third-order valence-corrected chi connectivity index (χ3v) is 4.94. The number of anilines is 1. The number of alkyl halides is 2. The van der Waals surface area contributed by atoms with Gasteiger partial charge in [0.2, 0.25) is 5.91 Å². The Morgan fingerprint density at radius 3 is 2.67 bits per heavy atom. The van der Waals surface area contributed by atoms with Gasteiger partial charge in [0.15, 0.2) is 0 Å². The number of hydrogen-bond donors (Lipinski definition) is 1. The van der Waals surface area contributed by atoms with E-state index in [9.17, 15) is 4.79 Å². The minimum atomic E-state index is -0.961. The van der Waals surface area contributed by atoms with Crippen LogP contribution in [0.15, 0.2) is 42.7 Å². The van der Waals surface area contributed by atoms with E-state index in [1.807, 2.05) is 30.3 Å². The summed E-state index contributed by atoms with van der Waals surface area (Å²) < 4.78 is 0.811. The predicted octanol–water partition coefficient (Wildman–Crippen LogP) is 3.45. The Labute approximate surface area is 133 Å². The van der Waals surface area contributed by atoms with Crippen LogP contribution < -0.4 is 5.32 Å². The highest BCUT2D eigenvalue weighted by Gasteiger charge is 2.67. The first-order valence-electron chi connectivity index (χ1n) is 6.66. The number of nitrogens with one attached hydrogen (secondary N) is 1. The number of carbonyl (C=O) groups is 1. The second-order valence-corrected chi connectivity index (χ2v) is 7.06. The van der Waals surface area contributed by atoms with Crippen LogP contribution in [0, 0.1) is 5.41 Å². The molecule has 1 saturated carbocycles. The van der Waals surface area contributed by atoms with E-state index in [0.29, 0.717) is 18.7 Å². The van der Waals surface area contributed by atoms with Crippen LogP contribution in [0.1, 0.15) is 18.9 Å². The lowest BCUT2D eigenvalue weighted by atomic mass is 10.1. The first-order valence-corrected chi connectivity index (χ1v) is 7.42. The standard InChI is InChI=1S/C15H15Cl2N3O/c1-14(10-15(14,16)17)13(21)19-12-7-18-20(9-12)8-11-5-3-2-4-6-11/h2-7,9H,8,10H2,1H3,(H,19,21). The lowest BCUT2D eigenvalue weighted by Gasteiger charge is -2.10. The summed E-state index contributed by atoms with van der Waals surface area (Å²) in [5.41, 5.74) is 1.07. The molecule has 0 saturated heterocycles. The van der Waals surface area contributed by atoms with E-state index >= 15 is 0 Å². The van der Waals surface area contributed by atoms with Crippen molar-refractivity contribution in [3.63, 3.8) is 0 Å². The minimum absolute atomic E-state index is 0.174. The molecule has 6 heteroatoms. The number of hydrogen-bond acceptors (Lipinski definition) is 2. The topological polar surface area (TPSA) is 46.9 Å². The fourth-order valence-electron chi connectivity index (χ4n) is 2.20. The molecule has 1 aliphatic carbocycles. The van der Waals surface area contributed by atoms with E-state index in [0.717, 1.165) is 5.56 Å². The van der Waals surface area contributed by atoms with Gasteiger partial charge in [-0.15, -0.1) is 23.2 Å². The highest BCUT2D eigenvalue weighted by atomic mass is 35.5. The zero-order chi connectivity index (χ0) is 15.1. The predicted molar refractivity (Wildman–Crippen MR) is 83.6 cm³/mol. The first-order chi connectivity index (χ1) is 9.91. The summed E-state index contributed by atoms with van der Waals surface area (Å²) in [6.07, 6.45) is 3.88. The normalized spacial score (nSPS) is 22.8. The Morgan fingerprint density at radius 1 is 1.38 bits per heavy atom. The first kappa shape index (κ1) is 14.4. The molecule has 4 nitrogen and oxygen atoms in total. The third kappa shape index (κ3) is 2.78. The van der Waals surface area contributed by atoms with Crippen LogP contribution in [0.5, 0.6) is 0 Å². The smallest absolute Gasteiger partial charge is 0.233 e. The van der Waals surface area contributed by atoms with Crippen molar-refractivity contribution in [2.75, 3.05) is 5.32 Å². The molecule has 0 aliphatic heterocycles. The summed E-state index contributed by atoms with van der Waals surface area (Å²) in [4.78, 5) is 12.2. The molecule has 1 atom stereocenters. The van der Waals surface area contributed by atoms with E-state index in [1.54, 1.807) is 24.0 Å². The van der Waals surface area contributed by atoms with Crippen LogP contribution in [0.4, 0.5) is 5.69 Å². The van der Waals surface area contributed by atoms with Gasteiger partial charge in [-0.05, 0) is 18.9 Å².